The normalized spacial score (nSPS) is 18.1. The van der Waals surface area contributed by atoms with Gasteiger partial charge in [0.1, 0.15) is 17.5 Å². The molecule has 2 N–H and O–H groups in total. The zero-order valence-electron chi connectivity index (χ0n) is 11.9. The Morgan fingerprint density at radius 1 is 1.22 bits per heavy atom. The maximum Gasteiger partial charge on any atom is 0.134 e. The molecule has 4 heteroatoms. The minimum absolute atomic E-state index is 0.409. The topological polar surface area (TPSA) is 55.0 Å². The quantitative estimate of drug-likeness (QED) is 0.830. The fourth-order valence-corrected chi connectivity index (χ4v) is 2.71. The molecule has 2 rings (SSSR count). The van der Waals surface area contributed by atoms with Gasteiger partial charge in [-0.05, 0) is 31.1 Å². The average Bonchev–Trinajstić information content (AvgIpc) is 2.27. The summed E-state index contributed by atoms with van der Waals surface area (Å²) < 4.78 is 0. The molecule has 0 aliphatic carbocycles. The number of hydrogen-bond donors (Lipinski definition) is 1. The van der Waals surface area contributed by atoms with Crippen LogP contribution in [0.4, 0.5) is 11.6 Å². The SMILES string of the molecule is Cc1nc(N)cc(N2CCC(C(C)(C)C)CC2)n1. The van der Waals surface area contributed by atoms with Gasteiger partial charge in [0, 0.05) is 19.2 Å². The molecule has 0 aromatic carbocycles. The van der Waals surface area contributed by atoms with E-state index < -0.39 is 0 Å². The summed E-state index contributed by atoms with van der Waals surface area (Å²) in [6.45, 7) is 11.0. The van der Waals surface area contributed by atoms with Gasteiger partial charge in [-0.15, -0.1) is 0 Å². The second-order valence-corrected chi connectivity index (χ2v) is 6.33. The lowest BCUT2D eigenvalue weighted by Crippen LogP contribution is -2.38. The van der Waals surface area contributed by atoms with Crippen molar-refractivity contribution in [1.29, 1.82) is 0 Å². The number of rotatable bonds is 1. The van der Waals surface area contributed by atoms with Crippen molar-refractivity contribution in [2.75, 3.05) is 23.7 Å². The first-order chi connectivity index (χ1) is 8.36. The fourth-order valence-electron chi connectivity index (χ4n) is 2.71. The minimum Gasteiger partial charge on any atom is -0.384 e. The number of aryl methyl sites for hydroxylation is 1. The zero-order chi connectivity index (χ0) is 13.3. The second-order valence-electron chi connectivity index (χ2n) is 6.33. The van der Waals surface area contributed by atoms with Crippen molar-refractivity contribution in [2.24, 2.45) is 11.3 Å². The maximum absolute atomic E-state index is 5.78. The van der Waals surface area contributed by atoms with Crippen molar-refractivity contribution in [3.63, 3.8) is 0 Å². The molecule has 0 atom stereocenters. The summed E-state index contributed by atoms with van der Waals surface area (Å²) in [5.41, 5.74) is 6.19. The number of anilines is 2. The van der Waals surface area contributed by atoms with Crippen molar-refractivity contribution in [1.82, 2.24) is 9.97 Å². The molecule has 0 saturated carbocycles. The minimum atomic E-state index is 0.409. The van der Waals surface area contributed by atoms with E-state index in [1.807, 2.05) is 13.0 Å². The Bertz CT molecular complexity index is 394. The molecular weight excluding hydrogens is 224 g/mol. The Labute approximate surface area is 110 Å². The van der Waals surface area contributed by atoms with E-state index in [1.165, 1.54) is 12.8 Å². The largest absolute Gasteiger partial charge is 0.384 e. The van der Waals surface area contributed by atoms with Crippen molar-refractivity contribution >= 4 is 11.6 Å². The highest BCUT2D eigenvalue weighted by molar-refractivity contribution is 5.47. The van der Waals surface area contributed by atoms with Crippen LogP contribution in [0.15, 0.2) is 6.07 Å². The lowest BCUT2D eigenvalue weighted by Gasteiger charge is -2.39. The van der Waals surface area contributed by atoms with Crippen LogP contribution in [0.1, 0.15) is 39.4 Å². The van der Waals surface area contributed by atoms with Crippen molar-refractivity contribution < 1.29 is 0 Å². The van der Waals surface area contributed by atoms with E-state index in [0.717, 1.165) is 30.6 Å². The first kappa shape index (κ1) is 13.1. The van der Waals surface area contributed by atoms with Crippen LogP contribution in [0.2, 0.25) is 0 Å². The molecule has 1 fully saturated rings. The Morgan fingerprint density at radius 2 is 1.83 bits per heavy atom. The Hall–Kier alpha value is -1.32. The third kappa shape index (κ3) is 2.92. The lowest BCUT2D eigenvalue weighted by molar-refractivity contribution is 0.198. The first-order valence-corrected chi connectivity index (χ1v) is 6.72. The van der Waals surface area contributed by atoms with E-state index in [1.54, 1.807) is 0 Å². The molecule has 18 heavy (non-hydrogen) atoms. The van der Waals surface area contributed by atoms with Gasteiger partial charge in [0.25, 0.3) is 0 Å². The number of nitrogens with zero attached hydrogens (tertiary/aromatic N) is 3. The van der Waals surface area contributed by atoms with Gasteiger partial charge in [0.05, 0.1) is 0 Å². The monoisotopic (exact) mass is 248 g/mol. The highest BCUT2D eigenvalue weighted by atomic mass is 15.2. The average molecular weight is 248 g/mol. The molecule has 1 saturated heterocycles. The van der Waals surface area contributed by atoms with E-state index in [-0.39, 0.29) is 0 Å². The summed E-state index contributed by atoms with van der Waals surface area (Å²) in [6.07, 6.45) is 2.46. The van der Waals surface area contributed by atoms with Gasteiger partial charge < -0.3 is 10.6 Å². The van der Waals surface area contributed by atoms with Gasteiger partial charge in [-0.25, -0.2) is 9.97 Å². The summed E-state index contributed by atoms with van der Waals surface area (Å²) in [7, 11) is 0. The van der Waals surface area contributed by atoms with Crippen molar-refractivity contribution in [3.05, 3.63) is 11.9 Å². The van der Waals surface area contributed by atoms with Gasteiger partial charge >= 0.3 is 0 Å². The number of hydrogen-bond acceptors (Lipinski definition) is 4. The summed E-state index contributed by atoms with van der Waals surface area (Å²) in [5.74, 6) is 3.10. The van der Waals surface area contributed by atoms with Crippen LogP contribution in [-0.4, -0.2) is 23.1 Å². The van der Waals surface area contributed by atoms with Gasteiger partial charge in [0.15, 0.2) is 0 Å². The van der Waals surface area contributed by atoms with Gasteiger partial charge in [-0.3, -0.25) is 0 Å². The predicted molar refractivity (Wildman–Crippen MR) is 75.6 cm³/mol. The Morgan fingerprint density at radius 3 is 2.33 bits per heavy atom. The molecule has 1 aromatic heterocycles. The molecule has 1 aliphatic heterocycles. The summed E-state index contributed by atoms with van der Waals surface area (Å²) >= 11 is 0. The molecule has 0 spiro atoms. The molecule has 100 valence electrons. The molecule has 0 amide bonds. The lowest BCUT2D eigenvalue weighted by atomic mass is 9.75. The third-order valence-corrected chi connectivity index (χ3v) is 3.89. The Balaban J connectivity index is 2.05. The number of piperidine rings is 1. The molecule has 0 unspecified atom stereocenters. The molecule has 0 radical (unpaired) electrons. The van der Waals surface area contributed by atoms with Gasteiger partial charge in [-0.2, -0.15) is 0 Å². The maximum atomic E-state index is 5.78. The number of aromatic nitrogens is 2. The molecule has 2 heterocycles. The van der Waals surface area contributed by atoms with E-state index >= 15 is 0 Å². The third-order valence-electron chi connectivity index (χ3n) is 3.89. The molecule has 1 aliphatic rings. The van der Waals surface area contributed by atoms with Gasteiger partial charge in [0.2, 0.25) is 0 Å². The van der Waals surface area contributed by atoms with Crippen LogP contribution >= 0.6 is 0 Å². The number of nitrogen functional groups attached to an aromatic ring is 1. The smallest absolute Gasteiger partial charge is 0.134 e. The molecule has 0 bridgehead atoms. The summed E-state index contributed by atoms with van der Waals surface area (Å²) in [5, 5.41) is 0. The van der Waals surface area contributed by atoms with Crippen LogP contribution in [0.25, 0.3) is 0 Å². The molecule has 4 nitrogen and oxygen atoms in total. The highest BCUT2D eigenvalue weighted by Crippen LogP contribution is 2.35. The second kappa shape index (κ2) is 4.75. The van der Waals surface area contributed by atoms with E-state index in [4.69, 9.17) is 5.73 Å². The highest BCUT2D eigenvalue weighted by Gasteiger charge is 2.29. The van der Waals surface area contributed by atoms with E-state index in [9.17, 15) is 0 Å². The fraction of sp³-hybridized carbons (Fsp3) is 0.714. The number of nitrogens with two attached hydrogens (primary N) is 1. The zero-order valence-corrected chi connectivity index (χ0v) is 11.9. The molecular formula is C14H24N4. The van der Waals surface area contributed by atoms with E-state index in [0.29, 0.717) is 11.2 Å². The van der Waals surface area contributed by atoms with Crippen LogP contribution in [0.3, 0.4) is 0 Å². The van der Waals surface area contributed by atoms with E-state index in [2.05, 4.69) is 35.6 Å². The first-order valence-electron chi connectivity index (χ1n) is 6.72. The van der Waals surface area contributed by atoms with Crippen LogP contribution in [0.5, 0.6) is 0 Å². The van der Waals surface area contributed by atoms with Crippen LogP contribution in [-0.2, 0) is 0 Å². The van der Waals surface area contributed by atoms with Crippen LogP contribution < -0.4 is 10.6 Å². The Kier molecular flexibility index (Phi) is 3.46. The van der Waals surface area contributed by atoms with Crippen molar-refractivity contribution in [3.8, 4) is 0 Å². The van der Waals surface area contributed by atoms with Gasteiger partial charge in [-0.1, -0.05) is 20.8 Å². The standard InChI is InChI=1S/C14H24N4/c1-10-16-12(15)9-13(17-10)18-7-5-11(6-8-18)14(2,3)4/h9,11H,5-8H2,1-4H3,(H2,15,16,17). The summed E-state index contributed by atoms with van der Waals surface area (Å²) in [4.78, 5) is 10.9. The summed E-state index contributed by atoms with van der Waals surface area (Å²) in [6, 6.07) is 1.88. The molecule has 1 aromatic rings. The van der Waals surface area contributed by atoms with Crippen molar-refractivity contribution in [2.45, 2.75) is 40.5 Å². The van der Waals surface area contributed by atoms with Crippen LogP contribution in [0, 0.1) is 18.3 Å². The predicted octanol–water partition coefficient (Wildman–Crippen LogP) is 2.63.